The molecule has 0 bridgehead atoms. The lowest BCUT2D eigenvalue weighted by molar-refractivity contribution is 0.0991. The van der Waals surface area contributed by atoms with Gasteiger partial charge >= 0.3 is 0 Å². The quantitative estimate of drug-likeness (QED) is 0.730. The summed E-state index contributed by atoms with van der Waals surface area (Å²) in [5.41, 5.74) is 0.523. The van der Waals surface area contributed by atoms with Crippen LogP contribution in [0.4, 0.5) is 8.78 Å². The summed E-state index contributed by atoms with van der Waals surface area (Å²) >= 11 is 9.06. The Kier molecular flexibility index (Phi) is 4.32. The predicted octanol–water partition coefficient (Wildman–Crippen LogP) is 4.81. The Hall–Kier alpha value is -1.26. The summed E-state index contributed by atoms with van der Waals surface area (Å²) in [6.07, 6.45) is -0.148. The molecule has 0 spiro atoms. The smallest absolute Gasteiger partial charge is 0.168 e. The minimum Gasteiger partial charge on any atom is -0.294 e. The Labute approximate surface area is 122 Å². The van der Waals surface area contributed by atoms with Crippen LogP contribution in [0, 0.1) is 11.6 Å². The van der Waals surface area contributed by atoms with Crippen molar-refractivity contribution in [1.82, 2.24) is 0 Å². The second kappa shape index (κ2) is 5.80. The van der Waals surface area contributed by atoms with Crippen molar-refractivity contribution in [2.24, 2.45) is 0 Å². The summed E-state index contributed by atoms with van der Waals surface area (Å²) in [5.74, 6) is -1.69. The molecule has 0 amide bonds. The SMILES string of the molecule is O=C(Cc1ccc(F)cc1F)c1cc(Cl)ccc1Br. The monoisotopic (exact) mass is 344 g/mol. The van der Waals surface area contributed by atoms with Gasteiger partial charge in [-0.2, -0.15) is 0 Å². The summed E-state index contributed by atoms with van der Waals surface area (Å²) in [4.78, 5) is 12.1. The third kappa shape index (κ3) is 3.39. The van der Waals surface area contributed by atoms with E-state index in [0.717, 1.165) is 12.1 Å². The van der Waals surface area contributed by atoms with E-state index in [0.29, 0.717) is 15.1 Å². The highest BCUT2D eigenvalue weighted by atomic mass is 79.9. The molecule has 0 unspecified atom stereocenters. The van der Waals surface area contributed by atoms with E-state index in [1.54, 1.807) is 12.1 Å². The number of Topliss-reactive ketones (excluding diaryl/α,β-unsaturated/α-hetero) is 1. The first kappa shape index (κ1) is 14.2. The molecular weight excluding hydrogens is 338 g/mol. The van der Waals surface area contributed by atoms with E-state index in [1.807, 2.05) is 0 Å². The van der Waals surface area contributed by atoms with Gasteiger partial charge in [-0.1, -0.05) is 33.6 Å². The van der Waals surface area contributed by atoms with Gasteiger partial charge in [0.15, 0.2) is 5.78 Å². The Morgan fingerprint density at radius 2 is 1.89 bits per heavy atom. The molecule has 0 aromatic heterocycles. The van der Waals surface area contributed by atoms with Crippen LogP contribution < -0.4 is 0 Å². The van der Waals surface area contributed by atoms with Crippen LogP contribution in [0.1, 0.15) is 15.9 Å². The van der Waals surface area contributed by atoms with Gasteiger partial charge in [0.2, 0.25) is 0 Å². The van der Waals surface area contributed by atoms with Gasteiger partial charge in [0, 0.05) is 27.5 Å². The summed E-state index contributed by atoms with van der Waals surface area (Å²) in [6.45, 7) is 0. The van der Waals surface area contributed by atoms with E-state index in [1.165, 1.54) is 12.1 Å². The number of carbonyl (C=O) groups excluding carboxylic acids is 1. The van der Waals surface area contributed by atoms with Gasteiger partial charge in [-0.25, -0.2) is 8.78 Å². The molecule has 0 N–H and O–H groups in total. The van der Waals surface area contributed by atoms with Crippen LogP contribution in [0.3, 0.4) is 0 Å². The fourth-order valence-corrected chi connectivity index (χ4v) is 2.28. The Balaban J connectivity index is 2.28. The second-order valence-electron chi connectivity index (χ2n) is 3.96. The van der Waals surface area contributed by atoms with Crippen molar-refractivity contribution in [3.05, 3.63) is 68.7 Å². The fraction of sp³-hybridized carbons (Fsp3) is 0.0714. The Morgan fingerprint density at radius 3 is 2.58 bits per heavy atom. The average molecular weight is 346 g/mol. The molecule has 1 nitrogen and oxygen atoms in total. The molecule has 0 radical (unpaired) electrons. The van der Waals surface area contributed by atoms with Crippen molar-refractivity contribution in [1.29, 1.82) is 0 Å². The van der Waals surface area contributed by atoms with E-state index >= 15 is 0 Å². The number of rotatable bonds is 3. The molecule has 0 aliphatic carbocycles. The molecule has 2 aromatic rings. The number of ketones is 1. The third-order valence-electron chi connectivity index (χ3n) is 2.59. The first-order chi connectivity index (χ1) is 8.97. The lowest BCUT2D eigenvalue weighted by Crippen LogP contribution is -2.06. The summed E-state index contributed by atoms with van der Waals surface area (Å²) < 4.78 is 26.8. The summed E-state index contributed by atoms with van der Waals surface area (Å²) in [5, 5.41) is 0.422. The zero-order valence-electron chi connectivity index (χ0n) is 9.59. The molecule has 0 fully saturated rings. The molecule has 19 heavy (non-hydrogen) atoms. The van der Waals surface area contributed by atoms with Gasteiger partial charge in [-0.05, 0) is 29.8 Å². The molecule has 5 heteroatoms. The van der Waals surface area contributed by atoms with Crippen LogP contribution in [-0.2, 0) is 6.42 Å². The first-order valence-corrected chi connectivity index (χ1v) is 6.56. The van der Waals surface area contributed by atoms with Crippen molar-refractivity contribution in [2.75, 3.05) is 0 Å². The lowest BCUT2D eigenvalue weighted by atomic mass is 10.0. The zero-order valence-corrected chi connectivity index (χ0v) is 11.9. The molecular formula is C14H8BrClF2O. The van der Waals surface area contributed by atoms with Gasteiger partial charge < -0.3 is 0 Å². The Bertz CT molecular complexity index is 643. The van der Waals surface area contributed by atoms with Crippen molar-refractivity contribution in [2.45, 2.75) is 6.42 Å². The standard InChI is InChI=1S/C14H8BrClF2O/c15-12-4-2-9(16)6-11(12)14(19)5-8-1-3-10(17)7-13(8)18/h1-4,6-7H,5H2. The lowest BCUT2D eigenvalue weighted by Gasteiger charge is -2.06. The van der Waals surface area contributed by atoms with Crippen LogP contribution in [-0.4, -0.2) is 5.78 Å². The van der Waals surface area contributed by atoms with Crippen molar-refractivity contribution in [3.63, 3.8) is 0 Å². The highest BCUT2D eigenvalue weighted by Gasteiger charge is 2.14. The van der Waals surface area contributed by atoms with Crippen LogP contribution in [0.25, 0.3) is 0 Å². The number of carbonyl (C=O) groups is 1. The highest BCUT2D eigenvalue weighted by molar-refractivity contribution is 9.10. The second-order valence-corrected chi connectivity index (χ2v) is 5.25. The molecule has 98 valence electrons. The molecule has 0 saturated heterocycles. The molecule has 0 aliphatic rings. The van der Waals surface area contributed by atoms with Crippen molar-refractivity contribution >= 4 is 33.3 Å². The van der Waals surface area contributed by atoms with Gasteiger partial charge in [0.1, 0.15) is 11.6 Å². The zero-order chi connectivity index (χ0) is 14.0. The number of halogens is 4. The minimum atomic E-state index is -0.730. The number of hydrogen-bond donors (Lipinski definition) is 0. The summed E-state index contributed by atoms with van der Waals surface area (Å²) in [6, 6.07) is 7.95. The van der Waals surface area contributed by atoms with E-state index in [9.17, 15) is 13.6 Å². The summed E-state index contributed by atoms with van der Waals surface area (Å²) in [7, 11) is 0. The van der Waals surface area contributed by atoms with Crippen LogP contribution >= 0.6 is 27.5 Å². The number of hydrogen-bond acceptors (Lipinski definition) is 1. The Morgan fingerprint density at radius 1 is 1.16 bits per heavy atom. The van der Waals surface area contributed by atoms with Gasteiger partial charge in [0.25, 0.3) is 0 Å². The third-order valence-corrected chi connectivity index (χ3v) is 3.52. The van der Waals surface area contributed by atoms with Crippen LogP contribution in [0.2, 0.25) is 5.02 Å². The minimum absolute atomic E-state index is 0.148. The highest BCUT2D eigenvalue weighted by Crippen LogP contribution is 2.23. The molecule has 2 rings (SSSR count). The predicted molar refractivity (Wildman–Crippen MR) is 73.5 cm³/mol. The van der Waals surface area contributed by atoms with E-state index in [-0.39, 0.29) is 17.8 Å². The van der Waals surface area contributed by atoms with Crippen molar-refractivity contribution < 1.29 is 13.6 Å². The molecule has 0 atom stereocenters. The fourth-order valence-electron chi connectivity index (χ4n) is 1.64. The maximum atomic E-state index is 13.5. The average Bonchev–Trinajstić information content (AvgIpc) is 2.35. The molecule has 2 aromatic carbocycles. The number of benzene rings is 2. The van der Waals surface area contributed by atoms with E-state index in [4.69, 9.17) is 11.6 Å². The van der Waals surface area contributed by atoms with E-state index in [2.05, 4.69) is 15.9 Å². The van der Waals surface area contributed by atoms with Crippen molar-refractivity contribution in [3.8, 4) is 0 Å². The van der Waals surface area contributed by atoms with Crippen LogP contribution in [0.5, 0.6) is 0 Å². The molecule has 0 aliphatic heterocycles. The largest absolute Gasteiger partial charge is 0.294 e. The van der Waals surface area contributed by atoms with Crippen LogP contribution in [0.15, 0.2) is 40.9 Å². The van der Waals surface area contributed by atoms with Gasteiger partial charge in [-0.3, -0.25) is 4.79 Å². The maximum Gasteiger partial charge on any atom is 0.168 e. The topological polar surface area (TPSA) is 17.1 Å². The molecule has 0 heterocycles. The van der Waals surface area contributed by atoms with Gasteiger partial charge in [0.05, 0.1) is 0 Å². The van der Waals surface area contributed by atoms with Gasteiger partial charge in [-0.15, -0.1) is 0 Å². The maximum absolute atomic E-state index is 13.5. The first-order valence-electron chi connectivity index (χ1n) is 5.39. The molecule has 0 saturated carbocycles. The normalized spacial score (nSPS) is 10.5. The van der Waals surface area contributed by atoms with E-state index < -0.39 is 11.6 Å².